The molecule has 9 nitrogen and oxygen atoms in total. The molecule has 1 amide bonds. The maximum Gasteiger partial charge on any atom is 0.255 e. The molecule has 0 aliphatic heterocycles. The van der Waals surface area contributed by atoms with E-state index in [0.717, 1.165) is 0 Å². The zero-order valence-electron chi connectivity index (χ0n) is 14.4. The van der Waals surface area contributed by atoms with Crippen molar-refractivity contribution >= 4 is 29.2 Å². The summed E-state index contributed by atoms with van der Waals surface area (Å²) in [6.07, 6.45) is 0. The Labute approximate surface area is 150 Å². The fraction of sp³-hybridized carbons (Fsp3) is 0.118. The highest BCUT2D eigenvalue weighted by Crippen LogP contribution is 2.38. The number of carbonyl (C=O) groups excluding carboxylic acids is 1. The van der Waals surface area contributed by atoms with Gasteiger partial charge in [0.05, 0.1) is 19.9 Å². The smallest absolute Gasteiger partial charge is 0.255 e. The molecule has 0 aromatic heterocycles. The summed E-state index contributed by atoms with van der Waals surface area (Å²) in [6, 6.07) is 11.9. The summed E-state index contributed by atoms with van der Waals surface area (Å²) in [5.74, 6) is 0.0619. The molecule has 0 saturated carbocycles. The summed E-state index contributed by atoms with van der Waals surface area (Å²) >= 11 is 0. The van der Waals surface area contributed by atoms with Gasteiger partial charge < -0.3 is 32.0 Å². The van der Waals surface area contributed by atoms with Crippen LogP contribution < -0.4 is 32.0 Å². The van der Waals surface area contributed by atoms with E-state index in [1.807, 2.05) is 6.07 Å². The molecule has 0 radical (unpaired) electrons. The summed E-state index contributed by atoms with van der Waals surface area (Å²) in [5.41, 5.74) is 17.5. The van der Waals surface area contributed by atoms with Crippen molar-refractivity contribution in [2.24, 2.45) is 27.2 Å². The van der Waals surface area contributed by atoms with Crippen molar-refractivity contribution in [3.05, 3.63) is 48.0 Å². The number of hydrogen-bond acceptors (Lipinski definition) is 4. The molecule has 0 heterocycles. The lowest BCUT2D eigenvalue weighted by Crippen LogP contribution is -2.26. The highest BCUT2D eigenvalue weighted by molar-refractivity contribution is 6.05. The highest BCUT2D eigenvalue weighted by atomic mass is 16.5. The van der Waals surface area contributed by atoms with E-state index in [1.54, 1.807) is 36.4 Å². The van der Waals surface area contributed by atoms with Crippen LogP contribution in [-0.4, -0.2) is 32.0 Å². The minimum Gasteiger partial charge on any atom is -0.494 e. The van der Waals surface area contributed by atoms with E-state index in [1.165, 1.54) is 14.2 Å². The normalized spacial score (nSPS) is 10.8. The van der Waals surface area contributed by atoms with E-state index in [9.17, 15) is 4.79 Å². The molecule has 0 fully saturated rings. The number of aliphatic imine (C=N–C) groups is 2. The SMILES string of the molecule is COc1cc(NC(=O)c2ccccc2)c(OC)cc1N=C(N)N=C(N)N. The van der Waals surface area contributed by atoms with Crippen molar-refractivity contribution in [2.75, 3.05) is 19.5 Å². The van der Waals surface area contributed by atoms with Crippen molar-refractivity contribution < 1.29 is 14.3 Å². The van der Waals surface area contributed by atoms with Crippen LogP contribution in [-0.2, 0) is 0 Å². The van der Waals surface area contributed by atoms with E-state index < -0.39 is 0 Å². The van der Waals surface area contributed by atoms with Crippen LogP contribution in [0.4, 0.5) is 11.4 Å². The first kappa shape index (κ1) is 18.6. The number of carbonyl (C=O) groups is 1. The third-order valence-corrected chi connectivity index (χ3v) is 3.26. The van der Waals surface area contributed by atoms with Gasteiger partial charge in [0, 0.05) is 17.7 Å². The van der Waals surface area contributed by atoms with Crippen molar-refractivity contribution in [1.29, 1.82) is 0 Å². The van der Waals surface area contributed by atoms with E-state index >= 15 is 0 Å². The van der Waals surface area contributed by atoms with Crippen LogP contribution in [0.2, 0.25) is 0 Å². The number of methoxy groups -OCH3 is 2. The second-order valence-electron chi connectivity index (χ2n) is 5.05. The van der Waals surface area contributed by atoms with Crippen LogP contribution in [0.3, 0.4) is 0 Å². The Kier molecular flexibility index (Phi) is 5.99. The van der Waals surface area contributed by atoms with Gasteiger partial charge in [-0.15, -0.1) is 0 Å². The Morgan fingerprint density at radius 1 is 1.00 bits per heavy atom. The maximum absolute atomic E-state index is 12.4. The fourth-order valence-electron chi connectivity index (χ4n) is 2.13. The van der Waals surface area contributed by atoms with Crippen LogP contribution in [0.1, 0.15) is 10.4 Å². The molecule has 0 unspecified atom stereocenters. The van der Waals surface area contributed by atoms with Gasteiger partial charge in [-0.3, -0.25) is 4.79 Å². The Morgan fingerprint density at radius 2 is 1.65 bits per heavy atom. The van der Waals surface area contributed by atoms with Gasteiger partial charge in [-0.2, -0.15) is 4.99 Å². The van der Waals surface area contributed by atoms with Gasteiger partial charge in [0.2, 0.25) is 5.96 Å². The monoisotopic (exact) mass is 356 g/mol. The van der Waals surface area contributed by atoms with E-state index in [-0.39, 0.29) is 17.8 Å². The number of hydrogen-bond donors (Lipinski definition) is 4. The zero-order chi connectivity index (χ0) is 19.1. The molecule has 0 bridgehead atoms. The number of anilines is 1. The summed E-state index contributed by atoms with van der Waals surface area (Å²) in [7, 11) is 2.92. The van der Waals surface area contributed by atoms with Gasteiger partial charge in [-0.05, 0) is 12.1 Å². The van der Waals surface area contributed by atoms with Gasteiger partial charge in [-0.1, -0.05) is 18.2 Å². The second-order valence-corrected chi connectivity index (χ2v) is 5.05. The summed E-state index contributed by atoms with van der Waals surface area (Å²) in [4.78, 5) is 20.1. The fourth-order valence-corrected chi connectivity index (χ4v) is 2.13. The topological polar surface area (TPSA) is 150 Å². The number of nitrogens with one attached hydrogen (secondary N) is 1. The Morgan fingerprint density at radius 3 is 2.23 bits per heavy atom. The molecule has 0 atom stereocenters. The number of ether oxygens (including phenoxy) is 2. The Balaban J connectivity index is 2.39. The molecule has 2 aromatic rings. The lowest BCUT2D eigenvalue weighted by molar-refractivity contribution is 0.102. The second kappa shape index (κ2) is 8.38. The molecular formula is C17H20N6O3. The standard InChI is InChI=1S/C17H20N6O3/c1-25-13-9-12(22-17(20)23-16(18)19)14(26-2)8-11(13)21-15(24)10-6-4-3-5-7-10/h3-9H,1-2H3,(H,21,24)(H6,18,19,20,22,23). The molecule has 26 heavy (non-hydrogen) atoms. The lowest BCUT2D eigenvalue weighted by Gasteiger charge is -2.14. The van der Waals surface area contributed by atoms with Crippen LogP contribution >= 0.6 is 0 Å². The molecule has 0 aliphatic rings. The van der Waals surface area contributed by atoms with Crippen molar-refractivity contribution in [3.63, 3.8) is 0 Å². The average Bonchev–Trinajstić information content (AvgIpc) is 2.62. The average molecular weight is 356 g/mol. The van der Waals surface area contributed by atoms with Gasteiger partial charge in [0.1, 0.15) is 17.2 Å². The van der Waals surface area contributed by atoms with Crippen LogP contribution in [0.15, 0.2) is 52.4 Å². The minimum atomic E-state index is -0.290. The van der Waals surface area contributed by atoms with Gasteiger partial charge in [0.25, 0.3) is 5.91 Å². The summed E-state index contributed by atoms with van der Waals surface area (Å²) < 4.78 is 10.6. The highest BCUT2D eigenvalue weighted by Gasteiger charge is 2.14. The number of benzene rings is 2. The maximum atomic E-state index is 12.4. The van der Waals surface area contributed by atoms with Gasteiger partial charge >= 0.3 is 0 Å². The number of nitrogens with two attached hydrogens (primary N) is 3. The lowest BCUT2D eigenvalue weighted by atomic mass is 10.2. The minimum absolute atomic E-state index is 0.147. The molecule has 0 aliphatic carbocycles. The third kappa shape index (κ3) is 4.63. The number of amides is 1. The number of guanidine groups is 2. The predicted octanol–water partition coefficient (Wildman–Crippen LogP) is 1.18. The molecular weight excluding hydrogens is 336 g/mol. The summed E-state index contributed by atoms with van der Waals surface area (Å²) in [5, 5.41) is 2.77. The van der Waals surface area contributed by atoms with Gasteiger partial charge in [-0.25, -0.2) is 4.99 Å². The quantitative estimate of drug-likeness (QED) is 0.466. The molecule has 2 aromatic carbocycles. The summed E-state index contributed by atoms with van der Waals surface area (Å²) in [6.45, 7) is 0. The van der Waals surface area contributed by atoms with Crippen LogP contribution in [0.5, 0.6) is 11.5 Å². The number of rotatable bonds is 5. The molecule has 0 saturated heterocycles. The molecule has 7 N–H and O–H groups in total. The Hall–Kier alpha value is -3.75. The van der Waals surface area contributed by atoms with Crippen molar-refractivity contribution in [3.8, 4) is 11.5 Å². The molecule has 9 heteroatoms. The van der Waals surface area contributed by atoms with Crippen LogP contribution in [0.25, 0.3) is 0 Å². The molecule has 0 spiro atoms. The molecule has 2 rings (SSSR count). The van der Waals surface area contributed by atoms with Gasteiger partial charge in [0.15, 0.2) is 5.96 Å². The van der Waals surface area contributed by atoms with Crippen LogP contribution in [0, 0.1) is 0 Å². The largest absolute Gasteiger partial charge is 0.494 e. The zero-order valence-corrected chi connectivity index (χ0v) is 14.4. The van der Waals surface area contributed by atoms with Crippen molar-refractivity contribution in [1.82, 2.24) is 0 Å². The molecule has 136 valence electrons. The number of nitrogens with zero attached hydrogens (tertiary/aromatic N) is 2. The predicted molar refractivity (Wildman–Crippen MR) is 101 cm³/mol. The first-order valence-corrected chi connectivity index (χ1v) is 7.50. The van der Waals surface area contributed by atoms with E-state index in [4.69, 9.17) is 26.7 Å². The first-order valence-electron chi connectivity index (χ1n) is 7.50. The Bertz CT molecular complexity index is 845. The van der Waals surface area contributed by atoms with E-state index in [2.05, 4.69) is 15.3 Å². The van der Waals surface area contributed by atoms with Crippen molar-refractivity contribution in [2.45, 2.75) is 0 Å². The first-order chi connectivity index (χ1) is 12.4. The third-order valence-electron chi connectivity index (χ3n) is 3.26. The van der Waals surface area contributed by atoms with E-state index in [0.29, 0.717) is 28.4 Å².